The summed E-state index contributed by atoms with van der Waals surface area (Å²) in [5.74, 6) is -2.06. The van der Waals surface area contributed by atoms with Gasteiger partial charge in [-0.25, -0.2) is 4.79 Å². The van der Waals surface area contributed by atoms with E-state index in [2.05, 4.69) is 143 Å². The van der Waals surface area contributed by atoms with Crippen LogP contribution < -0.4 is 0 Å². The Bertz CT molecular complexity index is 1370. The van der Waals surface area contributed by atoms with Gasteiger partial charge >= 0.3 is 5.97 Å². The van der Waals surface area contributed by atoms with Crippen molar-refractivity contribution in [3.8, 4) is 0 Å². The number of carbonyl (C=O) groups excluding carboxylic acids is 2. The highest BCUT2D eigenvalue weighted by Gasteiger charge is 2.49. The van der Waals surface area contributed by atoms with Crippen molar-refractivity contribution >= 4 is 45.0 Å². The Morgan fingerprint density at radius 3 is 1.49 bits per heavy atom. The van der Waals surface area contributed by atoms with Crippen molar-refractivity contribution in [1.82, 2.24) is 0 Å². The number of cyclic esters (lactones) is 1. The molecule has 0 aromatic carbocycles. The van der Waals surface area contributed by atoms with E-state index in [0.717, 1.165) is 41.8 Å². The van der Waals surface area contributed by atoms with Gasteiger partial charge in [0.25, 0.3) is 0 Å². The number of aliphatic hydroxyl groups is 1. The Labute approximate surface area is 380 Å². The van der Waals surface area contributed by atoms with Crippen molar-refractivity contribution < 1.29 is 41.9 Å². The Balaban J connectivity index is 4.34. The average molecular weight is 932 g/mol. The van der Waals surface area contributed by atoms with Gasteiger partial charge in [-0.2, -0.15) is 0 Å². The van der Waals surface area contributed by atoms with E-state index in [1.54, 1.807) is 7.11 Å². The number of ketones is 1. The van der Waals surface area contributed by atoms with E-state index in [4.69, 9.17) is 27.2 Å². The van der Waals surface area contributed by atoms with Gasteiger partial charge < -0.3 is 32.3 Å². The van der Waals surface area contributed by atoms with Crippen molar-refractivity contribution in [2.75, 3.05) is 13.7 Å². The SMILES string of the molecule is CC[Si](CC)(CC)O[C@@H]1[C@@H](C)[C@H](OC)[C@@H](O)C(=O)OC[C@H](C)[C@@H](O[Si](CC)(CC)CC)[C@H](C)[C@@H](O[Si](C)(C)C(C)(C)C)CC(=O)[C@@H](C)/C=C(\C)[C@H](O[Si](C)(C)C(C)(C)C)[C@H]1C. The predicted molar refractivity (Wildman–Crippen MR) is 265 cm³/mol. The lowest BCUT2D eigenvalue weighted by molar-refractivity contribution is -0.169. The third-order valence-corrected chi connectivity index (χ3v) is 34.2. The molecule has 9 nitrogen and oxygen atoms in total. The fourth-order valence-electron chi connectivity index (χ4n) is 8.71. The first-order valence-electron chi connectivity index (χ1n) is 24.1. The summed E-state index contributed by atoms with van der Waals surface area (Å²) >= 11 is 0. The number of Topliss-reactive ketones (excluding diaryl/α,β-unsaturated/α-hetero) is 1. The van der Waals surface area contributed by atoms with E-state index in [0.29, 0.717) is 0 Å². The quantitative estimate of drug-likeness (QED) is 0.0975. The van der Waals surface area contributed by atoms with Gasteiger partial charge in [-0.3, -0.25) is 4.79 Å². The number of aliphatic hydroxyl groups excluding tert-OH is 1. The van der Waals surface area contributed by atoms with Crippen molar-refractivity contribution in [3.63, 3.8) is 0 Å². The molecule has 1 aliphatic rings. The Hall–Kier alpha value is -0.492. The van der Waals surface area contributed by atoms with Crippen LogP contribution in [0.2, 0.25) is 72.5 Å². The lowest BCUT2D eigenvalue weighted by Crippen LogP contribution is -2.55. The van der Waals surface area contributed by atoms with Crippen molar-refractivity contribution in [3.05, 3.63) is 11.6 Å². The first-order valence-corrected chi connectivity index (χ1v) is 35.0. The molecule has 0 aromatic heterocycles. The molecular weight excluding hydrogens is 833 g/mol. The molecule has 11 atom stereocenters. The van der Waals surface area contributed by atoms with Crippen LogP contribution in [0.15, 0.2) is 11.6 Å². The van der Waals surface area contributed by atoms with Gasteiger partial charge in [0, 0.05) is 43.1 Å². The largest absolute Gasteiger partial charge is 0.463 e. The van der Waals surface area contributed by atoms with Crippen LogP contribution in [-0.2, 0) is 36.8 Å². The van der Waals surface area contributed by atoms with Crippen LogP contribution in [0.3, 0.4) is 0 Å². The molecule has 1 rings (SSSR count). The molecule has 0 saturated carbocycles. The number of allylic oxidation sites excluding steroid dienone is 1. The molecule has 1 aliphatic heterocycles. The third-order valence-electron chi connectivity index (χ3n) is 16.0. The second-order valence-electron chi connectivity index (χ2n) is 22.1. The number of methoxy groups -OCH3 is 1. The molecule has 0 spiro atoms. The summed E-state index contributed by atoms with van der Waals surface area (Å²) in [4.78, 5) is 28.9. The van der Waals surface area contributed by atoms with E-state index in [-0.39, 0.29) is 52.7 Å². The van der Waals surface area contributed by atoms with Gasteiger partial charge in [0.1, 0.15) is 5.78 Å². The number of hydrogen-bond acceptors (Lipinski definition) is 9. The smallest absolute Gasteiger partial charge is 0.337 e. The molecule has 0 aliphatic carbocycles. The number of rotatable bonds is 15. The molecule has 360 valence electrons. The van der Waals surface area contributed by atoms with Gasteiger partial charge in [0.2, 0.25) is 0 Å². The number of esters is 1. The minimum Gasteiger partial charge on any atom is -0.463 e. The summed E-state index contributed by atoms with van der Waals surface area (Å²) in [5.41, 5.74) is 0.986. The lowest BCUT2D eigenvalue weighted by atomic mass is 9.81. The van der Waals surface area contributed by atoms with Crippen molar-refractivity contribution in [1.29, 1.82) is 0 Å². The van der Waals surface area contributed by atoms with E-state index in [1.165, 1.54) is 0 Å². The standard InChI is InChI=1S/C48H98O9Si4/c1-24-60(25-2,26-3)56-43-35(9)32-53-46(51)41(50)45(52-19)38(12)44(57-61(27-4,28-5)29-6)37(11)42(55-59(22,23)48(16,17)18)34(8)30-33(7)39(49)31-40(36(43)10)54-58(20,21)47(13,14)15/h30,33,35-38,40-45,50H,24-29,31-32H2,1-23H3/b34-30+/t33-,35-,36+,37+,38+,40-,41+,42-,43+,44-,45-/m0/s1. The van der Waals surface area contributed by atoms with Crippen LogP contribution in [0.4, 0.5) is 0 Å². The topological polar surface area (TPSA) is 110 Å². The van der Waals surface area contributed by atoms with E-state index in [9.17, 15) is 14.7 Å². The molecule has 13 heteroatoms. The van der Waals surface area contributed by atoms with Gasteiger partial charge in [0.15, 0.2) is 39.4 Å². The Kier molecular flexibility index (Phi) is 22.8. The van der Waals surface area contributed by atoms with E-state index >= 15 is 0 Å². The Morgan fingerprint density at radius 1 is 0.656 bits per heavy atom. The highest BCUT2D eigenvalue weighted by Crippen LogP contribution is 2.43. The van der Waals surface area contributed by atoms with Crippen molar-refractivity contribution in [2.45, 2.75) is 240 Å². The summed E-state index contributed by atoms with van der Waals surface area (Å²) in [6.45, 7) is 48.4. The number of carbonyl (C=O) groups is 2. The summed E-state index contributed by atoms with van der Waals surface area (Å²) in [5, 5.41) is 11.8. The minimum atomic E-state index is -2.39. The summed E-state index contributed by atoms with van der Waals surface area (Å²) in [6, 6.07) is 5.65. The zero-order chi connectivity index (χ0) is 47.7. The van der Waals surface area contributed by atoms with Crippen LogP contribution in [0.25, 0.3) is 0 Å². The van der Waals surface area contributed by atoms with Crippen LogP contribution in [0.1, 0.15) is 131 Å². The summed E-state index contributed by atoms with van der Waals surface area (Å²) in [7, 11) is -7.68. The zero-order valence-electron chi connectivity index (χ0n) is 43.8. The molecule has 1 heterocycles. The van der Waals surface area contributed by atoms with Crippen LogP contribution >= 0.6 is 0 Å². The van der Waals surface area contributed by atoms with E-state index < -0.39 is 81.6 Å². The van der Waals surface area contributed by atoms with Gasteiger partial charge in [-0.15, -0.1) is 0 Å². The summed E-state index contributed by atoms with van der Waals surface area (Å²) < 4.78 is 41.7. The zero-order valence-corrected chi connectivity index (χ0v) is 47.8. The second kappa shape index (κ2) is 23.8. The molecule has 0 bridgehead atoms. The molecular formula is C48H98O9Si4. The average Bonchev–Trinajstić information content (AvgIpc) is 3.18. The molecule has 0 radical (unpaired) electrons. The molecule has 0 saturated heterocycles. The number of ether oxygens (including phenoxy) is 2. The molecule has 1 N–H and O–H groups in total. The normalized spacial score (nSPS) is 31.5. The second-order valence-corrected chi connectivity index (χ2v) is 41.0. The molecule has 0 amide bonds. The monoisotopic (exact) mass is 931 g/mol. The first-order chi connectivity index (χ1) is 27.8. The first kappa shape index (κ1) is 58.5. The highest BCUT2D eigenvalue weighted by atomic mass is 28.4. The maximum absolute atomic E-state index is 14.8. The van der Waals surface area contributed by atoms with E-state index in [1.807, 2.05) is 13.8 Å². The molecule has 0 fully saturated rings. The predicted octanol–water partition coefficient (Wildman–Crippen LogP) is 12.6. The maximum atomic E-state index is 14.8. The molecule has 0 unspecified atom stereocenters. The molecule has 61 heavy (non-hydrogen) atoms. The van der Waals surface area contributed by atoms with Gasteiger partial charge in [0.05, 0.1) is 37.1 Å². The maximum Gasteiger partial charge on any atom is 0.337 e. The third kappa shape index (κ3) is 15.0. The van der Waals surface area contributed by atoms with Gasteiger partial charge in [-0.1, -0.05) is 124 Å². The van der Waals surface area contributed by atoms with Crippen LogP contribution in [0.5, 0.6) is 0 Å². The fraction of sp³-hybridized carbons (Fsp3) is 0.917. The fourth-order valence-corrected chi connectivity index (χ4v) is 17.5. The minimum absolute atomic E-state index is 0.0483. The van der Waals surface area contributed by atoms with Crippen LogP contribution in [0, 0.1) is 29.6 Å². The highest BCUT2D eigenvalue weighted by molar-refractivity contribution is 6.75. The van der Waals surface area contributed by atoms with Gasteiger partial charge in [-0.05, 0) is 85.0 Å². The summed E-state index contributed by atoms with van der Waals surface area (Å²) in [6.07, 6.45) is -1.68. The molecule has 0 aromatic rings. The number of hydrogen-bond donors (Lipinski definition) is 1. The van der Waals surface area contributed by atoms with Crippen molar-refractivity contribution in [2.24, 2.45) is 29.6 Å². The van der Waals surface area contributed by atoms with Crippen LogP contribution in [-0.4, -0.2) is 100 Å². The lowest BCUT2D eigenvalue weighted by Gasteiger charge is -2.47. The Morgan fingerprint density at radius 2 is 1.08 bits per heavy atom.